The molecule has 3 heteroatoms. The Labute approximate surface area is 121 Å². The Morgan fingerprint density at radius 2 is 1.74 bits per heavy atom. The van der Waals surface area contributed by atoms with Gasteiger partial charge in [0.2, 0.25) is 0 Å². The lowest BCUT2D eigenvalue weighted by Gasteiger charge is -2.24. The molecule has 0 heterocycles. The maximum atomic E-state index is 5.43. The summed E-state index contributed by atoms with van der Waals surface area (Å²) in [6.45, 7) is 0. The van der Waals surface area contributed by atoms with Gasteiger partial charge in [-0.25, -0.2) is 0 Å². The Morgan fingerprint density at radius 3 is 2.47 bits per heavy atom. The second-order valence-electron chi connectivity index (χ2n) is 5.81. The summed E-state index contributed by atoms with van der Waals surface area (Å²) in [4.78, 5) is 0. The lowest BCUT2D eigenvalue weighted by atomic mass is 9.96. The largest absolute Gasteiger partial charge is 0.360 e. The maximum absolute atomic E-state index is 5.43. The van der Waals surface area contributed by atoms with Crippen molar-refractivity contribution in [2.45, 2.75) is 56.5 Å². The highest BCUT2D eigenvalue weighted by Gasteiger charge is 2.38. The van der Waals surface area contributed by atoms with Gasteiger partial charge in [-0.1, -0.05) is 49.6 Å². The molecule has 0 amide bonds. The quantitative estimate of drug-likeness (QED) is 0.827. The van der Waals surface area contributed by atoms with Gasteiger partial charge in [0.25, 0.3) is 0 Å². The fourth-order valence-corrected chi connectivity index (χ4v) is 3.38. The molecule has 2 nitrogen and oxygen atoms in total. The van der Waals surface area contributed by atoms with E-state index in [2.05, 4.69) is 41.0 Å². The minimum atomic E-state index is 0.533. The van der Waals surface area contributed by atoms with Crippen LogP contribution in [0.3, 0.4) is 0 Å². The molecule has 0 bridgehead atoms. The summed E-state index contributed by atoms with van der Waals surface area (Å²) >= 11 is 5.43. The van der Waals surface area contributed by atoms with Crippen molar-refractivity contribution in [3.63, 3.8) is 0 Å². The van der Waals surface area contributed by atoms with E-state index in [-0.39, 0.29) is 0 Å². The van der Waals surface area contributed by atoms with Crippen molar-refractivity contribution in [2.24, 2.45) is 0 Å². The Morgan fingerprint density at radius 1 is 1.00 bits per heavy atom. The van der Waals surface area contributed by atoms with Crippen molar-refractivity contribution >= 4 is 17.3 Å². The molecule has 0 saturated heterocycles. The third-order valence-electron chi connectivity index (χ3n) is 4.28. The van der Waals surface area contributed by atoms with Crippen LogP contribution >= 0.6 is 12.2 Å². The molecule has 1 aromatic carbocycles. The summed E-state index contributed by atoms with van der Waals surface area (Å²) in [5.74, 6) is 0.646. The molecule has 0 aromatic heterocycles. The number of thiocarbonyl (C=S) groups is 1. The molecular formula is C16H22N2S. The van der Waals surface area contributed by atoms with Gasteiger partial charge in [0.1, 0.15) is 0 Å². The molecule has 2 aliphatic rings. The van der Waals surface area contributed by atoms with E-state index >= 15 is 0 Å². The van der Waals surface area contributed by atoms with Gasteiger partial charge in [0.05, 0.1) is 0 Å². The Hall–Kier alpha value is -1.09. The average Bonchev–Trinajstić information content (AvgIpc) is 3.20. The zero-order chi connectivity index (χ0) is 13.1. The summed E-state index contributed by atoms with van der Waals surface area (Å²) in [5, 5.41) is 7.81. The van der Waals surface area contributed by atoms with Crippen molar-refractivity contribution in [1.82, 2.24) is 10.6 Å². The lowest BCUT2D eigenvalue weighted by Crippen LogP contribution is -2.43. The molecule has 2 fully saturated rings. The third-order valence-corrected chi connectivity index (χ3v) is 4.51. The molecule has 0 aliphatic heterocycles. The lowest BCUT2D eigenvalue weighted by molar-refractivity contribution is 0.412. The van der Waals surface area contributed by atoms with Gasteiger partial charge in [-0.3, -0.25) is 0 Å². The maximum Gasteiger partial charge on any atom is 0.166 e. The Kier molecular flexibility index (Phi) is 4.02. The zero-order valence-corrected chi connectivity index (χ0v) is 12.1. The topological polar surface area (TPSA) is 24.1 Å². The van der Waals surface area contributed by atoms with Gasteiger partial charge in [0.15, 0.2) is 5.11 Å². The first kappa shape index (κ1) is 12.9. The van der Waals surface area contributed by atoms with Gasteiger partial charge in [-0.15, -0.1) is 0 Å². The van der Waals surface area contributed by atoms with Crippen molar-refractivity contribution in [2.75, 3.05) is 0 Å². The minimum absolute atomic E-state index is 0.533. The van der Waals surface area contributed by atoms with E-state index in [0.29, 0.717) is 18.0 Å². The predicted molar refractivity (Wildman–Crippen MR) is 83.3 cm³/mol. The van der Waals surface area contributed by atoms with E-state index in [1.807, 2.05) is 0 Å². The molecule has 1 aromatic rings. The summed E-state index contributed by atoms with van der Waals surface area (Å²) in [6, 6.07) is 11.9. The molecule has 2 aliphatic carbocycles. The van der Waals surface area contributed by atoms with Gasteiger partial charge >= 0.3 is 0 Å². The second-order valence-corrected chi connectivity index (χ2v) is 6.22. The van der Waals surface area contributed by atoms with E-state index in [1.54, 1.807) is 0 Å². The predicted octanol–water partition coefficient (Wildman–Crippen LogP) is 3.34. The molecule has 2 saturated carbocycles. The van der Waals surface area contributed by atoms with Crippen LogP contribution in [0.15, 0.2) is 30.3 Å². The summed E-state index contributed by atoms with van der Waals surface area (Å²) in [6.07, 6.45) is 7.82. The molecule has 2 atom stereocenters. The fourth-order valence-electron chi connectivity index (χ4n) is 3.07. The number of benzene rings is 1. The van der Waals surface area contributed by atoms with Crippen molar-refractivity contribution in [1.29, 1.82) is 0 Å². The molecule has 2 unspecified atom stereocenters. The van der Waals surface area contributed by atoms with E-state index in [1.165, 1.54) is 44.1 Å². The highest BCUT2D eigenvalue weighted by molar-refractivity contribution is 7.80. The van der Waals surface area contributed by atoms with Gasteiger partial charge in [-0.2, -0.15) is 0 Å². The standard InChI is InChI=1S/C16H22N2S/c19-16(17-13-9-5-2-6-10-13)18-15-11-14(15)12-7-3-1-4-8-12/h1,3-4,7-8,13-15H,2,5-6,9-11H2,(H2,17,18,19). The first-order valence-electron chi connectivity index (χ1n) is 7.45. The van der Waals surface area contributed by atoms with E-state index in [9.17, 15) is 0 Å². The summed E-state index contributed by atoms with van der Waals surface area (Å²) < 4.78 is 0. The van der Waals surface area contributed by atoms with Crippen LogP contribution in [0.4, 0.5) is 0 Å². The van der Waals surface area contributed by atoms with Crippen LogP contribution < -0.4 is 10.6 Å². The molecule has 3 rings (SSSR count). The van der Waals surface area contributed by atoms with E-state index < -0.39 is 0 Å². The van der Waals surface area contributed by atoms with Crippen LogP contribution in [0.5, 0.6) is 0 Å². The number of hydrogen-bond acceptors (Lipinski definition) is 1. The Bertz CT molecular complexity index is 426. The van der Waals surface area contributed by atoms with Crippen LogP contribution in [0.1, 0.15) is 50.0 Å². The number of nitrogens with one attached hydrogen (secondary N) is 2. The van der Waals surface area contributed by atoms with Crippen LogP contribution in [-0.4, -0.2) is 17.2 Å². The molecule has 102 valence electrons. The number of hydrogen-bond donors (Lipinski definition) is 2. The molecular weight excluding hydrogens is 252 g/mol. The van der Waals surface area contributed by atoms with Gasteiger partial charge < -0.3 is 10.6 Å². The first-order chi connectivity index (χ1) is 9.33. The van der Waals surface area contributed by atoms with Crippen LogP contribution in [-0.2, 0) is 0 Å². The average molecular weight is 274 g/mol. The van der Waals surface area contributed by atoms with Crippen LogP contribution in [0.25, 0.3) is 0 Å². The zero-order valence-electron chi connectivity index (χ0n) is 11.3. The highest BCUT2D eigenvalue weighted by Crippen LogP contribution is 2.40. The van der Waals surface area contributed by atoms with Crippen LogP contribution in [0.2, 0.25) is 0 Å². The highest BCUT2D eigenvalue weighted by atomic mass is 32.1. The Balaban J connectivity index is 1.44. The SMILES string of the molecule is S=C(NC1CCCCC1)NC1CC1c1ccccc1. The monoisotopic (exact) mass is 274 g/mol. The normalized spacial score (nSPS) is 26.7. The fraction of sp³-hybridized carbons (Fsp3) is 0.562. The summed E-state index contributed by atoms with van der Waals surface area (Å²) in [7, 11) is 0. The summed E-state index contributed by atoms with van der Waals surface area (Å²) in [5.41, 5.74) is 1.43. The van der Waals surface area contributed by atoms with Crippen molar-refractivity contribution in [3.8, 4) is 0 Å². The van der Waals surface area contributed by atoms with Crippen LogP contribution in [0, 0.1) is 0 Å². The molecule has 0 spiro atoms. The minimum Gasteiger partial charge on any atom is -0.360 e. The second kappa shape index (κ2) is 5.91. The molecule has 19 heavy (non-hydrogen) atoms. The van der Waals surface area contributed by atoms with E-state index in [4.69, 9.17) is 12.2 Å². The van der Waals surface area contributed by atoms with Gasteiger partial charge in [-0.05, 0) is 37.0 Å². The van der Waals surface area contributed by atoms with Gasteiger partial charge in [0, 0.05) is 18.0 Å². The smallest absolute Gasteiger partial charge is 0.166 e. The van der Waals surface area contributed by atoms with Crippen molar-refractivity contribution in [3.05, 3.63) is 35.9 Å². The molecule has 2 N–H and O–H groups in total. The number of rotatable bonds is 3. The van der Waals surface area contributed by atoms with Crippen molar-refractivity contribution < 1.29 is 0 Å². The first-order valence-corrected chi connectivity index (χ1v) is 7.86. The molecule has 0 radical (unpaired) electrons. The third kappa shape index (κ3) is 3.47. The van der Waals surface area contributed by atoms with E-state index in [0.717, 1.165) is 5.11 Å².